The van der Waals surface area contributed by atoms with Gasteiger partial charge in [-0.25, -0.2) is 0 Å². The molecule has 0 aromatic heterocycles. The highest BCUT2D eigenvalue weighted by atomic mass is 127. The summed E-state index contributed by atoms with van der Waals surface area (Å²) in [6.45, 7) is 2.09. The van der Waals surface area contributed by atoms with E-state index < -0.39 is 41.5 Å². The minimum absolute atomic E-state index is 0.0328. The second kappa shape index (κ2) is 10.9. The van der Waals surface area contributed by atoms with Crippen LogP contribution < -0.4 is 14.2 Å². The molecule has 3 aliphatic rings. The van der Waals surface area contributed by atoms with Gasteiger partial charge in [-0.3, -0.25) is 9.59 Å². The van der Waals surface area contributed by atoms with Crippen LogP contribution in [0.15, 0.2) is 6.07 Å². The number of aliphatic hydroxyl groups is 1. The number of unbranched alkanes of at least 4 members (excludes halogenated alkanes) is 2. The fourth-order valence-corrected chi connectivity index (χ4v) is 6.31. The van der Waals surface area contributed by atoms with E-state index in [9.17, 15) is 14.7 Å². The first-order valence-electron chi connectivity index (χ1n) is 12.1. The first-order chi connectivity index (χ1) is 17.2. The van der Waals surface area contributed by atoms with Gasteiger partial charge < -0.3 is 38.3 Å². The van der Waals surface area contributed by atoms with E-state index in [1.165, 1.54) is 14.2 Å². The maximum absolute atomic E-state index is 12.8. The lowest BCUT2D eigenvalue weighted by Crippen LogP contribution is -2.47. The van der Waals surface area contributed by atoms with Gasteiger partial charge in [0.25, 0.3) is 0 Å². The molecule has 0 bridgehead atoms. The van der Waals surface area contributed by atoms with Crippen molar-refractivity contribution in [2.45, 2.75) is 69.0 Å². The highest BCUT2D eigenvalue weighted by Crippen LogP contribution is 2.55. The van der Waals surface area contributed by atoms with E-state index in [-0.39, 0.29) is 26.1 Å². The zero-order chi connectivity index (χ0) is 26.1. The molecular formula is C25H33IO10. The molecule has 3 heterocycles. The fraction of sp³-hybridized carbons (Fsp3) is 0.680. The van der Waals surface area contributed by atoms with Crippen molar-refractivity contribution in [3.8, 4) is 17.2 Å². The third kappa shape index (κ3) is 4.63. The normalized spacial score (nSPS) is 30.5. The number of hydrogen-bond donors (Lipinski definition) is 1. The van der Waals surface area contributed by atoms with Crippen molar-refractivity contribution < 1.29 is 47.9 Å². The molecule has 3 saturated heterocycles. The van der Waals surface area contributed by atoms with Crippen LogP contribution in [-0.4, -0.2) is 75.2 Å². The first kappa shape index (κ1) is 27.2. The highest BCUT2D eigenvalue weighted by Gasteiger charge is 2.75. The Hall–Kier alpha value is -1.83. The molecule has 36 heavy (non-hydrogen) atoms. The molecule has 0 aliphatic carbocycles. The average molecular weight is 620 g/mol. The number of cyclic esters (lactones) is 1. The zero-order valence-electron chi connectivity index (χ0n) is 21.0. The largest absolute Gasteiger partial charge is 0.493 e. The Morgan fingerprint density at radius 1 is 1.19 bits per heavy atom. The van der Waals surface area contributed by atoms with Crippen LogP contribution in [0.2, 0.25) is 0 Å². The standard InChI is InChI=1S/C25H33IO10/c1-5-6-7-10-25(29)21-23(28)33-13-24(21)22(36-25)16(12-34-24)35-17(27)9-8-14-11-15(30-2)19(31-3)20(32-4)18(14)26/h11,16,21-22,29H,5-10,12-13H2,1-4H3/t16-,21+,22+,24+,25-/m1/s1. The summed E-state index contributed by atoms with van der Waals surface area (Å²) in [5.41, 5.74) is -0.298. The monoisotopic (exact) mass is 620 g/mol. The van der Waals surface area contributed by atoms with Crippen molar-refractivity contribution in [1.29, 1.82) is 0 Å². The molecule has 10 nitrogen and oxygen atoms in total. The van der Waals surface area contributed by atoms with Gasteiger partial charge in [0, 0.05) is 12.8 Å². The molecule has 1 aromatic rings. The molecule has 0 radical (unpaired) electrons. The van der Waals surface area contributed by atoms with E-state index in [2.05, 4.69) is 29.5 Å². The van der Waals surface area contributed by atoms with E-state index in [0.717, 1.165) is 22.0 Å². The van der Waals surface area contributed by atoms with E-state index in [0.29, 0.717) is 30.1 Å². The third-order valence-electron chi connectivity index (χ3n) is 7.15. The Balaban J connectivity index is 1.44. The smallest absolute Gasteiger partial charge is 0.317 e. The van der Waals surface area contributed by atoms with Crippen molar-refractivity contribution in [3.63, 3.8) is 0 Å². The lowest BCUT2D eigenvalue weighted by Gasteiger charge is -2.28. The number of methoxy groups -OCH3 is 3. The molecule has 200 valence electrons. The van der Waals surface area contributed by atoms with Gasteiger partial charge in [0.15, 0.2) is 29.0 Å². The molecule has 11 heteroatoms. The Labute approximate surface area is 224 Å². The SMILES string of the molecule is CCCCC[C@@]1(O)O[C@H]2[C@H](OC(=O)CCc3cc(OC)c(OC)c(OC)c3I)CO[C@]23COC(=O)[C@@H]31. The molecular weight excluding hydrogens is 587 g/mol. The number of ether oxygens (including phenoxy) is 7. The van der Waals surface area contributed by atoms with Gasteiger partial charge >= 0.3 is 11.9 Å². The quantitative estimate of drug-likeness (QED) is 0.225. The van der Waals surface area contributed by atoms with Crippen molar-refractivity contribution in [2.75, 3.05) is 34.5 Å². The van der Waals surface area contributed by atoms with Crippen LogP contribution in [0, 0.1) is 9.49 Å². The van der Waals surface area contributed by atoms with Crippen LogP contribution in [0.3, 0.4) is 0 Å². The maximum Gasteiger partial charge on any atom is 0.317 e. The minimum Gasteiger partial charge on any atom is -0.493 e. The topological polar surface area (TPSA) is 119 Å². The minimum atomic E-state index is -1.70. The molecule has 1 aromatic carbocycles. The number of halogens is 1. The summed E-state index contributed by atoms with van der Waals surface area (Å²) < 4.78 is 40.2. The van der Waals surface area contributed by atoms with E-state index >= 15 is 0 Å². The van der Waals surface area contributed by atoms with Gasteiger partial charge in [0.2, 0.25) is 5.75 Å². The number of esters is 2. The zero-order valence-corrected chi connectivity index (χ0v) is 23.1. The summed E-state index contributed by atoms with van der Waals surface area (Å²) >= 11 is 2.15. The number of carbonyl (C=O) groups excluding carboxylic acids is 2. The van der Waals surface area contributed by atoms with Crippen LogP contribution in [0.25, 0.3) is 0 Å². The number of aryl methyl sites for hydroxylation is 1. The van der Waals surface area contributed by atoms with Gasteiger partial charge in [-0.2, -0.15) is 0 Å². The predicted molar refractivity (Wildman–Crippen MR) is 134 cm³/mol. The number of hydrogen-bond acceptors (Lipinski definition) is 10. The van der Waals surface area contributed by atoms with Gasteiger partial charge in [-0.05, 0) is 47.1 Å². The molecule has 0 unspecified atom stereocenters. The molecule has 4 rings (SSSR count). The maximum atomic E-state index is 12.8. The summed E-state index contributed by atoms with van der Waals surface area (Å²) in [6, 6.07) is 1.81. The Bertz CT molecular complexity index is 1000. The average Bonchev–Trinajstić information content (AvgIpc) is 3.45. The molecule has 1 N–H and O–H groups in total. The second-order valence-corrected chi connectivity index (χ2v) is 10.4. The number of benzene rings is 1. The van der Waals surface area contributed by atoms with Gasteiger partial charge in [-0.15, -0.1) is 0 Å². The summed E-state index contributed by atoms with van der Waals surface area (Å²) in [5.74, 6) is -2.13. The van der Waals surface area contributed by atoms with Crippen molar-refractivity contribution >= 4 is 34.5 Å². The highest BCUT2D eigenvalue weighted by molar-refractivity contribution is 14.1. The van der Waals surface area contributed by atoms with Gasteiger partial charge in [0.05, 0.1) is 31.5 Å². The lowest BCUT2D eigenvalue weighted by atomic mass is 9.81. The molecule has 0 amide bonds. The summed E-state index contributed by atoms with van der Waals surface area (Å²) in [5, 5.41) is 11.3. The van der Waals surface area contributed by atoms with Crippen LogP contribution in [0.5, 0.6) is 17.2 Å². The summed E-state index contributed by atoms with van der Waals surface area (Å²) in [4.78, 5) is 25.4. The number of carbonyl (C=O) groups is 2. The molecule has 1 spiro atoms. The van der Waals surface area contributed by atoms with Crippen molar-refractivity contribution in [2.24, 2.45) is 5.92 Å². The van der Waals surface area contributed by atoms with E-state index in [4.69, 9.17) is 33.2 Å². The van der Waals surface area contributed by atoms with Gasteiger partial charge in [-0.1, -0.05) is 19.8 Å². The van der Waals surface area contributed by atoms with E-state index in [1.54, 1.807) is 7.11 Å². The third-order valence-corrected chi connectivity index (χ3v) is 8.33. The Morgan fingerprint density at radius 2 is 1.94 bits per heavy atom. The van der Waals surface area contributed by atoms with E-state index in [1.807, 2.05) is 6.07 Å². The Morgan fingerprint density at radius 3 is 2.61 bits per heavy atom. The van der Waals surface area contributed by atoms with Gasteiger partial charge in [0.1, 0.15) is 18.6 Å². The van der Waals surface area contributed by atoms with Crippen molar-refractivity contribution in [1.82, 2.24) is 0 Å². The number of rotatable bonds is 11. The van der Waals surface area contributed by atoms with Crippen molar-refractivity contribution in [3.05, 3.63) is 15.2 Å². The molecule has 3 aliphatic heterocycles. The van der Waals surface area contributed by atoms with Crippen LogP contribution in [-0.2, 0) is 35.0 Å². The summed E-state index contributed by atoms with van der Waals surface area (Å²) in [6.07, 6.45) is 1.75. The van der Waals surface area contributed by atoms with Crippen LogP contribution in [0.1, 0.15) is 44.6 Å². The molecule has 5 atom stereocenters. The van der Waals surface area contributed by atoms with Crippen LogP contribution in [0.4, 0.5) is 0 Å². The lowest BCUT2D eigenvalue weighted by molar-refractivity contribution is -0.234. The molecule has 3 fully saturated rings. The molecule has 0 saturated carbocycles. The van der Waals surface area contributed by atoms with Crippen LogP contribution >= 0.6 is 22.6 Å². The Kier molecular flexibility index (Phi) is 8.22. The fourth-order valence-electron chi connectivity index (χ4n) is 5.42. The summed E-state index contributed by atoms with van der Waals surface area (Å²) in [7, 11) is 4.62. The predicted octanol–water partition coefficient (Wildman–Crippen LogP) is 2.77. The first-order valence-corrected chi connectivity index (χ1v) is 13.2. The second-order valence-electron chi connectivity index (χ2n) is 9.29.